The number of benzene rings is 1. The number of unbranched alkanes of at least 4 members (excludes halogenated alkanes) is 2. The molecule has 0 amide bonds. The molecular formula is C12H18FN. The van der Waals surface area contributed by atoms with Crippen molar-refractivity contribution in [2.24, 2.45) is 5.73 Å². The smallest absolute Gasteiger partial charge is 0.125 e. The zero-order chi connectivity index (χ0) is 10.2. The summed E-state index contributed by atoms with van der Waals surface area (Å²) in [5.74, 6) is 0. The van der Waals surface area contributed by atoms with Crippen LogP contribution in [-0.4, -0.2) is 6.54 Å². The number of halogens is 1. The Morgan fingerprint density at radius 1 is 1.07 bits per heavy atom. The van der Waals surface area contributed by atoms with Gasteiger partial charge in [-0.3, -0.25) is 0 Å². The minimum atomic E-state index is -0.811. The lowest BCUT2D eigenvalue weighted by Crippen LogP contribution is -1.98. The number of nitrogens with two attached hydrogens (primary N) is 1. The third kappa shape index (κ3) is 3.88. The Morgan fingerprint density at radius 3 is 2.43 bits per heavy atom. The fourth-order valence-corrected chi connectivity index (χ4v) is 1.47. The molecule has 78 valence electrons. The molecule has 0 spiro atoms. The molecule has 1 aromatic carbocycles. The Morgan fingerprint density at radius 2 is 1.79 bits per heavy atom. The normalized spacial score (nSPS) is 12.7. The van der Waals surface area contributed by atoms with Gasteiger partial charge in [0.2, 0.25) is 0 Å². The monoisotopic (exact) mass is 195 g/mol. The van der Waals surface area contributed by atoms with Gasteiger partial charge < -0.3 is 5.73 Å². The summed E-state index contributed by atoms with van der Waals surface area (Å²) in [6.45, 7) is 0.711. The van der Waals surface area contributed by atoms with Crippen molar-refractivity contribution in [1.29, 1.82) is 0 Å². The van der Waals surface area contributed by atoms with Crippen molar-refractivity contribution in [2.75, 3.05) is 6.54 Å². The van der Waals surface area contributed by atoms with Crippen LogP contribution in [0.5, 0.6) is 0 Å². The first-order valence-electron chi connectivity index (χ1n) is 5.23. The molecule has 1 nitrogen and oxygen atoms in total. The molecule has 1 unspecified atom stereocenters. The summed E-state index contributed by atoms with van der Waals surface area (Å²) >= 11 is 0. The zero-order valence-corrected chi connectivity index (χ0v) is 8.45. The van der Waals surface area contributed by atoms with E-state index in [1.54, 1.807) is 0 Å². The van der Waals surface area contributed by atoms with E-state index in [1.165, 1.54) is 0 Å². The van der Waals surface area contributed by atoms with Crippen LogP contribution in [0.15, 0.2) is 30.3 Å². The van der Waals surface area contributed by atoms with Gasteiger partial charge in [0.15, 0.2) is 0 Å². The average molecular weight is 195 g/mol. The lowest BCUT2D eigenvalue weighted by Gasteiger charge is -2.07. The van der Waals surface area contributed by atoms with Crippen LogP contribution in [0.4, 0.5) is 4.39 Å². The van der Waals surface area contributed by atoms with Crippen molar-refractivity contribution in [3.8, 4) is 0 Å². The van der Waals surface area contributed by atoms with Gasteiger partial charge in [0.25, 0.3) is 0 Å². The van der Waals surface area contributed by atoms with Crippen LogP contribution in [0.1, 0.15) is 37.4 Å². The van der Waals surface area contributed by atoms with Crippen LogP contribution in [0.2, 0.25) is 0 Å². The average Bonchev–Trinajstić information content (AvgIpc) is 2.25. The Labute approximate surface area is 85.1 Å². The molecule has 1 atom stereocenters. The summed E-state index contributed by atoms with van der Waals surface area (Å²) in [5.41, 5.74) is 6.15. The highest BCUT2D eigenvalue weighted by molar-refractivity contribution is 5.17. The first kappa shape index (κ1) is 11.2. The standard InChI is InChI=1S/C12H18FN/c13-12(9-5-2-6-10-14)11-7-3-1-4-8-11/h1,3-4,7-8,12H,2,5-6,9-10,14H2. The predicted molar refractivity (Wildman–Crippen MR) is 57.8 cm³/mol. The van der Waals surface area contributed by atoms with Crippen molar-refractivity contribution in [3.05, 3.63) is 35.9 Å². The van der Waals surface area contributed by atoms with E-state index in [4.69, 9.17) is 5.73 Å². The highest BCUT2D eigenvalue weighted by atomic mass is 19.1. The molecule has 14 heavy (non-hydrogen) atoms. The molecule has 0 aliphatic heterocycles. The van der Waals surface area contributed by atoms with E-state index in [9.17, 15) is 4.39 Å². The van der Waals surface area contributed by atoms with E-state index in [2.05, 4.69) is 0 Å². The maximum atomic E-state index is 13.5. The molecule has 0 saturated carbocycles. The zero-order valence-electron chi connectivity index (χ0n) is 8.45. The van der Waals surface area contributed by atoms with E-state index >= 15 is 0 Å². The van der Waals surface area contributed by atoms with Crippen LogP contribution < -0.4 is 5.73 Å². The summed E-state index contributed by atoms with van der Waals surface area (Å²) in [6, 6.07) is 9.34. The molecule has 0 bridgehead atoms. The second-order valence-corrected chi connectivity index (χ2v) is 3.52. The molecule has 1 aromatic rings. The Kier molecular flexibility index (Phi) is 5.23. The van der Waals surface area contributed by atoms with Crippen molar-refractivity contribution < 1.29 is 4.39 Å². The Bertz CT molecular complexity index is 235. The van der Waals surface area contributed by atoms with Gasteiger partial charge in [0.1, 0.15) is 6.17 Å². The molecule has 1 rings (SSSR count). The van der Waals surface area contributed by atoms with Gasteiger partial charge in [-0.15, -0.1) is 0 Å². The van der Waals surface area contributed by atoms with Crippen LogP contribution >= 0.6 is 0 Å². The van der Waals surface area contributed by atoms with E-state index in [-0.39, 0.29) is 0 Å². The SMILES string of the molecule is NCCCCCC(F)c1ccccc1. The molecule has 0 aliphatic carbocycles. The molecule has 0 aromatic heterocycles. The maximum absolute atomic E-state index is 13.5. The van der Waals surface area contributed by atoms with Gasteiger partial charge in [-0.1, -0.05) is 43.2 Å². The second-order valence-electron chi connectivity index (χ2n) is 3.52. The maximum Gasteiger partial charge on any atom is 0.125 e. The molecule has 0 radical (unpaired) electrons. The van der Waals surface area contributed by atoms with E-state index in [0.717, 1.165) is 24.8 Å². The minimum absolute atomic E-state index is 0.615. The van der Waals surface area contributed by atoms with Crippen LogP contribution in [-0.2, 0) is 0 Å². The van der Waals surface area contributed by atoms with Gasteiger partial charge in [-0.05, 0) is 24.9 Å². The number of hydrogen-bond acceptors (Lipinski definition) is 1. The molecule has 0 aliphatic rings. The highest BCUT2D eigenvalue weighted by Gasteiger charge is 2.07. The minimum Gasteiger partial charge on any atom is -0.330 e. The third-order valence-corrected chi connectivity index (χ3v) is 2.32. The fraction of sp³-hybridized carbons (Fsp3) is 0.500. The van der Waals surface area contributed by atoms with Gasteiger partial charge in [0, 0.05) is 0 Å². The first-order valence-corrected chi connectivity index (χ1v) is 5.23. The highest BCUT2D eigenvalue weighted by Crippen LogP contribution is 2.23. The third-order valence-electron chi connectivity index (χ3n) is 2.32. The molecule has 0 fully saturated rings. The molecule has 2 N–H and O–H groups in total. The fourth-order valence-electron chi connectivity index (χ4n) is 1.47. The lowest BCUT2D eigenvalue weighted by molar-refractivity contribution is 0.313. The predicted octanol–water partition coefficient (Wildman–Crippen LogP) is 3.22. The van der Waals surface area contributed by atoms with Crippen molar-refractivity contribution >= 4 is 0 Å². The summed E-state index contributed by atoms with van der Waals surface area (Å²) in [7, 11) is 0. The van der Waals surface area contributed by atoms with Crippen LogP contribution in [0.3, 0.4) is 0 Å². The quantitative estimate of drug-likeness (QED) is 0.693. The summed E-state index contributed by atoms with van der Waals surface area (Å²) < 4.78 is 13.5. The van der Waals surface area contributed by atoms with Gasteiger partial charge in [0.05, 0.1) is 0 Å². The van der Waals surface area contributed by atoms with Crippen molar-refractivity contribution in [2.45, 2.75) is 31.9 Å². The molecule has 2 heteroatoms. The second kappa shape index (κ2) is 6.55. The van der Waals surface area contributed by atoms with Gasteiger partial charge >= 0.3 is 0 Å². The van der Waals surface area contributed by atoms with Crippen molar-refractivity contribution in [1.82, 2.24) is 0 Å². The Balaban J connectivity index is 2.25. The first-order chi connectivity index (χ1) is 6.84. The van der Waals surface area contributed by atoms with E-state index in [0.29, 0.717) is 13.0 Å². The Hall–Kier alpha value is -0.890. The van der Waals surface area contributed by atoms with E-state index < -0.39 is 6.17 Å². The largest absolute Gasteiger partial charge is 0.330 e. The van der Waals surface area contributed by atoms with E-state index in [1.807, 2.05) is 30.3 Å². The number of alkyl halides is 1. The molecular weight excluding hydrogens is 177 g/mol. The summed E-state index contributed by atoms with van der Waals surface area (Å²) in [6.07, 6.45) is 2.76. The van der Waals surface area contributed by atoms with Gasteiger partial charge in [-0.2, -0.15) is 0 Å². The lowest BCUT2D eigenvalue weighted by atomic mass is 10.0. The molecule has 0 heterocycles. The summed E-state index contributed by atoms with van der Waals surface area (Å²) in [5, 5.41) is 0. The van der Waals surface area contributed by atoms with Crippen LogP contribution in [0, 0.1) is 0 Å². The topological polar surface area (TPSA) is 26.0 Å². The van der Waals surface area contributed by atoms with Crippen molar-refractivity contribution in [3.63, 3.8) is 0 Å². The number of rotatable bonds is 6. The van der Waals surface area contributed by atoms with Gasteiger partial charge in [-0.25, -0.2) is 4.39 Å². The van der Waals surface area contributed by atoms with Crippen LogP contribution in [0.25, 0.3) is 0 Å². The number of hydrogen-bond donors (Lipinski definition) is 1. The summed E-state index contributed by atoms with van der Waals surface area (Å²) in [4.78, 5) is 0. The molecule has 0 saturated heterocycles.